The second kappa shape index (κ2) is 17.9. The van der Waals surface area contributed by atoms with Crippen molar-refractivity contribution in [3.8, 4) is 23.0 Å². The van der Waals surface area contributed by atoms with Gasteiger partial charge in [0.2, 0.25) is 0 Å². The van der Waals surface area contributed by atoms with Crippen molar-refractivity contribution in [1.29, 1.82) is 0 Å². The summed E-state index contributed by atoms with van der Waals surface area (Å²) in [5, 5.41) is 0. The number of carbonyl (C=O) groups excluding carboxylic acids is 2. The molecule has 0 aliphatic heterocycles. The van der Waals surface area contributed by atoms with Crippen LogP contribution in [0.1, 0.15) is 43.0 Å². The molecule has 1 aliphatic carbocycles. The van der Waals surface area contributed by atoms with Crippen molar-refractivity contribution in [3.63, 3.8) is 0 Å². The van der Waals surface area contributed by atoms with Crippen molar-refractivity contribution in [2.75, 3.05) is 13.3 Å². The number of aryl methyl sites for hydroxylation is 2. The van der Waals surface area contributed by atoms with Crippen molar-refractivity contribution in [2.45, 2.75) is 13.8 Å². The van der Waals surface area contributed by atoms with E-state index in [9.17, 15) is 9.59 Å². The molecule has 6 nitrogen and oxygen atoms in total. The van der Waals surface area contributed by atoms with E-state index in [1.165, 1.54) is 5.56 Å². The molecule has 1 unspecified atom stereocenters. The Morgan fingerprint density at radius 1 is 0.400 bits per heavy atom. The lowest BCUT2D eigenvalue weighted by Crippen LogP contribution is -2.22. The van der Waals surface area contributed by atoms with Gasteiger partial charge in [-0.2, -0.15) is 0 Å². The monoisotopic (exact) mass is 700 g/mol. The van der Waals surface area contributed by atoms with Crippen LogP contribution in [-0.2, 0) is 0 Å². The average molecular weight is 701 g/mol. The minimum atomic E-state index is -1.32. The van der Waals surface area contributed by atoms with E-state index < -0.39 is 16.8 Å². The molecule has 0 N–H and O–H groups in total. The molecule has 0 heterocycles. The Balaban J connectivity index is 0.000000177. The Bertz CT molecular complexity index is 1950. The van der Waals surface area contributed by atoms with E-state index in [4.69, 9.17) is 18.1 Å². The van der Waals surface area contributed by atoms with Crippen LogP contribution in [0.3, 0.4) is 0 Å². The molecule has 252 valence electrons. The molecule has 0 aromatic heterocycles. The number of fused-ring (bicyclic) bond motifs is 2. The molecule has 0 bridgehead atoms. The second-order valence-corrected chi connectivity index (χ2v) is 13.7. The minimum Gasteiger partial charge on any atom is -0.439 e. The van der Waals surface area contributed by atoms with E-state index in [0.29, 0.717) is 33.8 Å². The molecule has 1 aliphatic rings. The van der Waals surface area contributed by atoms with Crippen LogP contribution in [0.25, 0.3) is 0 Å². The summed E-state index contributed by atoms with van der Waals surface area (Å²) in [7, 11) is -2.25. The number of hydrogen-bond acceptors (Lipinski definition) is 6. The number of rotatable bonds is 8. The summed E-state index contributed by atoms with van der Waals surface area (Å²) in [6.45, 7) is 7.68. The van der Waals surface area contributed by atoms with E-state index in [0.717, 1.165) is 17.1 Å². The number of ketones is 2. The van der Waals surface area contributed by atoms with Crippen molar-refractivity contribution in [2.24, 2.45) is 0 Å². The summed E-state index contributed by atoms with van der Waals surface area (Å²) >= 11 is 0. The second-order valence-electron chi connectivity index (χ2n) is 11.2. The molecule has 8 heteroatoms. The summed E-state index contributed by atoms with van der Waals surface area (Å²) < 4.78 is 23.1. The highest BCUT2D eigenvalue weighted by atomic mass is 31.2. The Hall–Kier alpha value is -5.28. The third kappa shape index (κ3) is 9.89. The topological polar surface area (TPSA) is 71.1 Å². The third-order valence-corrected chi connectivity index (χ3v) is 9.20. The van der Waals surface area contributed by atoms with Crippen LogP contribution in [0, 0.1) is 13.8 Å². The Morgan fingerprint density at radius 2 is 0.800 bits per heavy atom. The predicted molar refractivity (Wildman–Crippen MR) is 203 cm³/mol. The Morgan fingerprint density at radius 3 is 1.24 bits per heavy atom. The SMILES string of the molecule is CP(Oc1ccccc1)Oc1ccccc1.Cc1cccc2c1C(=O)c1c(OP(C)Oc3ccccc3)cccc1C2=O.Cc1ccccc1. The van der Waals surface area contributed by atoms with Gasteiger partial charge in [-0.3, -0.25) is 9.59 Å². The van der Waals surface area contributed by atoms with Crippen LogP contribution >= 0.6 is 16.8 Å². The van der Waals surface area contributed by atoms with Crippen LogP contribution < -0.4 is 18.1 Å². The zero-order chi connectivity index (χ0) is 35.3. The third-order valence-electron chi connectivity index (χ3n) is 7.34. The highest BCUT2D eigenvalue weighted by Crippen LogP contribution is 2.42. The van der Waals surface area contributed by atoms with Gasteiger partial charge in [0.1, 0.15) is 23.0 Å². The summed E-state index contributed by atoms with van der Waals surface area (Å²) in [5.41, 5.74) is 3.70. The van der Waals surface area contributed by atoms with Crippen molar-refractivity contribution < 1.29 is 27.7 Å². The van der Waals surface area contributed by atoms with E-state index in [-0.39, 0.29) is 11.6 Å². The number of benzene rings is 6. The summed E-state index contributed by atoms with van der Waals surface area (Å²) in [4.78, 5) is 26.1. The summed E-state index contributed by atoms with van der Waals surface area (Å²) in [6.07, 6.45) is 0. The molecule has 0 saturated heterocycles. The quantitative estimate of drug-likeness (QED) is 0.147. The highest BCUT2D eigenvalue weighted by Gasteiger charge is 2.33. The fourth-order valence-corrected chi connectivity index (χ4v) is 6.82. The van der Waals surface area contributed by atoms with Gasteiger partial charge in [0.25, 0.3) is 16.8 Å². The first-order valence-corrected chi connectivity index (χ1v) is 19.2. The molecule has 0 spiro atoms. The molecule has 1 atom stereocenters. The molecular weight excluding hydrogens is 662 g/mol. The van der Waals surface area contributed by atoms with E-state index >= 15 is 0 Å². The van der Waals surface area contributed by atoms with Gasteiger partial charge in [0.15, 0.2) is 11.6 Å². The normalized spacial score (nSPS) is 11.8. The van der Waals surface area contributed by atoms with Gasteiger partial charge < -0.3 is 18.1 Å². The van der Waals surface area contributed by atoms with Gasteiger partial charge in [-0.05, 0) is 61.9 Å². The molecule has 0 amide bonds. The fraction of sp³-hybridized carbons (Fsp3) is 0.0952. The first kappa shape index (κ1) is 36.0. The lowest BCUT2D eigenvalue weighted by molar-refractivity contribution is 0.0977. The van der Waals surface area contributed by atoms with Gasteiger partial charge in [0, 0.05) is 30.0 Å². The van der Waals surface area contributed by atoms with Crippen molar-refractivity contribution in [3.05, 3.63) is 191 Å². The van der Waals surface area contributed by atoms with E-state index in [1.807, 2.05) is 136 Å². The molecule has 0 saturated carbocycles. The van der Waals surface area contributed by atoms with Crippen LogP contribution in [0.4, 0.5) is 0 Å². The van der Waals surface area contributed by atoms with Gasteiger partial charge in [-0.1, -0.05) is 121 Å². The largest absolute Gasteiger partial charge is 0.439 e. The molecule has 50 heavy (non-hydrogen) atoms. The Labute approximate surface area is 296 Å². The molecule has 0 fully saturated rings. The molecule has 0 radical (unpaired) electrons. The maximum Gasteiger partial charge on any atom is 0.286 e. The van der Waals surface area contributed by atoms with Gasteiger partial charge in [-0.25, -0.2) is 0 Å². The highest BCUT2D eigenvalue weighted by molar-refractivity contribution is 7.47. The maximum atomic E-state index is 13.2. The lowest BCUT2D eigenvalue weighted by atomic mass is 9.82. The first-order valence-electron chi connectivity index (χ1n) is 16.0. The maximum absolute atomic E-state index is 13.2. The molecule has 6 aromatic rings. The lowest BCUT2D eigenvalue weighted by Gasteiger charge is -2.22. The fourth-order valence-electron chi connectivity index (χ4n) is 5.06. The minimum absolute atomic E-state index is 0.154. The smallest absolute Gasteiger partial charge is 0.286 e. The Kier molecular flexibility index (Phi) is 12.9. The predicted octanol–water partition coefficient (Wildman–Crippen LogP) is 11.3. The number of hydrogen-bond donors (Lipinski definition) is 0. The van der Waals surface area contributed by atoms with Crippen molar-refractivity contribution >= 4 is 28.3 Å². The van der Waals surface area contributed by atoms with Crippen molar-refractivity contribution in [1.82, 2.24) is 0 Å². The number of para-hydroxylation sites is 3. The molecular formula is C42H38O6P2. The summed E-state index contributed by atoms with van der Waals surface area (Å²) in [6, 6.07) is 49.5. The van der Waals surface area contributed by atoms with Gasteiger partial charge in [0.05, 0.1) is 5.56 Å². The first-order chi connectivity index (χ1) is 24.3. The van der Waals surface area contributed by atoms with Gasteiger partial charge >= 0.3 is 0 Å². The molecule has 6 aromatic carbocycles. The standard InChI is InChI=1S/C22H17O4P.C13H13O2P.C7H8/c1-14-8-6-11-16-19(14)22(24)20-17(21(16)23)12-7-13-18(20)26-27(2)25-15-9-4-3-5-10-15;1-16(14-12-8-4-2-5-9-12)15-13-10-6-3-7-11-13;1-7-5-3-2-4-6-7/h3-13H,1-2H3;2-11H,1H3;2-6H,1H3. The van der Waals surface area contributed by atoms with Crippen LogP contribution in [0.5, 0.6) is 23.0 Å². The van der Waals surface area contributed by atoms with Gasteiger partial charge in [-0.15, -0.1) is 0 Å². The number of carbonyl (C=O) groups is 2. The average Bonchev–Trinajstić information content (AvgIpc) is 3.12. The zero-order valence-corrected chi connectivity index (χ0v) is 30.1. The molecule has 7 rings (SSSR count). The van der Waals surface area contributed by atoms with Crippen LogP contribution in [0.15, 0.2) is 158 Å². The zero-order valence-electron chi connectivity index (χ0n) is 28.4. The van der Waals surface area contributed by atoms with Crippen LogP contribution in [-0.4, -0.2) is 24.9 Å². The van der Waals surface area contributed by atoms with E-state index in [1.54, 1.807) is 30.3 Å². The van der Waals surface area contributed by atoms with Crippen LogP contribution in [0.2, 0.25) is 0 Å². The van der Waals surface area contributed by atoms with E-state index in [2.05, 4.69) is 19.1 Å². The summed E-state index contributed by atoms with van der Waals surface area (Å²) in [5.74, 6) is 2.41.